The van der Waals surface area contributed by atoms with Gasteiger partial charge in [0.25, 0.3) is 8.05 Å². The maximum Gasteiger partial charge on any atom is 0.289 e. The summed E-state index contributed by atoms with van der Waals surface area (Å²) in [6.45, 7) is 0. The second-order valence-electron chi connectivity index (χ2n) is 5.40. The molecule has 4 rings (SSSR count). The number of hydrogen-bond acceptors (Lipinski definition) is 1. The molecule has 108 valence electrons. The lowest BCUT2D eigenvalue weighted by Crippen LogP contribution is -2.14. The van der Waals surface area contributed by atoms with Gasteiger partial charge in [0.1, 0.15) is 0 Å². The molecule has 0 aromatic heterocycles. The summed E-state index contributed by atoms with van der Waals surface area (Å²) >= 11 is 0. The topological polar surface area (TPSA) is 9.23 Å². The van der Waals surface area contributed by atoms with E-state index in [0.717, 1.165) is 10.6 Å². The van der Waals surface area contributed by atoms with Crippen LogP contribution in [0.3, 0.4) is 0 Å². The number of benzene rings is 4. The third-order valence-corrected chi connectivity index (χ3v) is 5.85. The van der Waals surface area contributed by atoms with Crippen molar-refractivity contribution in [2.24, 2.45) is 0 Å². The molecule has 0 aliphatic rings. The van der Waals surface area contributed by atoms with Crippen LogP contribution in [0.15, 0.2) is 84.9 Å². The first-order valence-corrected chi connectivity index (χ1v) is 8.77. The minimum absolute atomic E-state index is 1.04. The van der Waals surface area contributed by atoms with Crippen molar-refractivity contribution in [2.75, 3.05) is 0 Å². The van der Waals surface area contributed by atoms with Crippen molar-refractivity contribution in [3.63, 3.8) is 0 Å². The molecule has 0 heterocycles. The van der Waals surface area contributed by atoms with Crippen molar-refractivity contribution in [2.45, 2.75) is 0 Å². The van der Waals surface area contributed by atoms with E-state index in [1.54, 1.807) is 0 Å². The molecule has 0 saturated carbocycles. The summed E-state index contributed by atoms with van der Waals surface area (Å²) in [5, 5.41) is 7.18. The Morgan fingerprint density at radius 2 is 1.26 bits per heavy atom. The number of hydrogen-bond donors (Lipinski definition) is 0. The van der Waals surface area contributed by atoms with Crippen LogP contribution < -0.4 is 10.6 Å². The van der Waals surface area contributed by atoms with Gasteiger partial charge >= 0.3 is 0 Å². The molecule has 2 radical (unpaired) electrons. The van der Waals surface area contributed by atoms with Crippen molar-refractivity contribution >= 4 is 48.4 Å². The van der Waals surface area contributed by atoms with Gasteiger partial charge in [-0.2, -0.15) is 0 Å². The quantitative estimate of drug-likeness (QED) is 0.309. The fraction of sp³-hybridized carbons (Fsp3) is 0. The zero-order chi connectivity index (χ0) is 15.6. The van der Waals surface area contributed by atoms with E-state index in [9.17, 15) is 0 Å². The lowest BCUT2D eigenvalue weighted by Gasteiger charge is -2.20. The van der Waals surface area contributed by atoms with Gasteiger partial charge in [-0.15, -0.1) is 0 Å². The van der Waals surface area contributed by atoms with Crippen LogP contribution in [-0.4, -0.2) is 8.05 Å². The van der Waals surface area contributed by atoms with Gasteiger partial charge in [0, 0.05) is 10.6 Å². The molecule has 4 aromatic rings. The predicted octanol–water partition coefficient (Wildman–Crippen LogP) is 4.44. The zero-order valence-electron chi connectivity index (χ0n) is 12.5. The first-order valence-electron chi connectivity index (χ1n) is 7.51. The summed E-state index contributed by atoms with van der Waals surface area (Å²) in [7, 11) is 4.66. The molecule has 1 nitrogen and oxygen atoms in total. The average molecular weight is 312 g/mol. The Morgan fingerprint density at radius 3 is 2.00 bits per heavy atom. The highest BCUT2D eigenvalue weighted by Gasteiger charge is 2.17. The van der Waals surface area contributed by atoms with Crippen LogP contribution in [0.2, 0.25) is 0 Å². The summed E-state index contributed by atoms with van der Waals surface area (Å²) in [6, 6.07) is 29.3. The van der Waals surface area contributed by atoms with E-state index in [4.69, 9.17) is 12.5 Å². The van der Waals surface area contributed by atoms with E-state index in [0.29, 0.717) is 0 Å². The summed E-state index contributed by atoms with van der Waals surface area (Å²) < 4.78 is 5.44. The molecule has 1 atom stereocenters. The Kier molecular flexibility index (Phi) is 3.87. The summed E-state index contributed by atoms with van der Waals surface area (Å²) in [5.41, 5.74) is 0. The Hall–Kier alpha value is -2.15. The predicted molar refractivity (Wildman–Crippen MR) is 101 cm³/mol. The van der Waals surface area contributed by atoms with Crippen LogP contribution in [0.1, 0.15) is 0 Å². The molecular weight excluding hydrogens is 298 g/mol. The third kappa shape index (κ3) is 2.55. The van der Waals surface area contributed by atoms with Crippen LogP contribution in [0.4, 0.5) is 0 Å². The van der Waals surface area contributed by atoms with Crippen LogP contribution in [-0.2, 0) is 4.44 Å². The fourth-order valence-corrected chi connectivity index (χ4v) is 4.65. The summed E-state index contributed by atoms with van der Waals surface area (Å²) in [5.74, 6) is 0. The maximum atomic E-state index is 5.70. The van der Waals surface area contributed by atoms with Crippen molar-refractivity contribution in [1.82, 2.24) is 0 Å². The van der Waals surface area contributed by atoms with E-state index in [1.807, 2.05) is 18.2 Å². The minimum Gasteiger partial charge on any atom is -0.421 e. The number of fused-ring (bicyclic) bond motifs is 3. The molecule has 0 unspecified atom stereocenters. The van der Waals surface area contributed by atoms with Crippen LogP contribution in [0.25, 0.3) is 21.5 Å². The molecular formula is C20H14BOP. The lowest BCUT2D eigenvalue weighted by molar-refractivity contribution is 0.705. The van der Waals surface area contributed by atoms with E-state index in [2.05, 4.69) is 66.7 Å². The van der Waals surface area contributed by atoms with Crippen molar-refractivity contribution < 1.29 is 4.44 Å². The third-order valence-electron chi connectivity index (χ3n) is 4.06. The van der Waals surface area contributed by atoms with Gasteiger partial charge < -0.3 is 4.44 Å². The minimum atomic E-state index is -1.04. The highest BCUT2D eigenvalue weighted by Crippen LogP contribution is 2.38. The Labute approximate surface area is 138 Å². The largest absolute Gasteiger partial charge is 0.421 e. The summed E-state index contributed by atoms with van der Waals surface area (Å²) in [4.78, 5) is 0. The van der Waals surface area contributed by atoms with Crippen molar-refractivity contribution in [3.8, 4) is 0 Å². The molecule has 0 bridgehead atoms. The van der Waals surface area contributed by atoms with Crippen LogP contribution in [0, 0.1) is 0 Å². The molecule has 0 N–H and O–H groups in total. The lowest BCUT2D eigenvalue weighted by atomic mass is 10.0. The number of rotatable bonds is 3. The maximum absolute atomic E-state index is 5.70. The standard InChI is InChI=1S/C20H14BOP/c21-22-23(16-9-2-1-3-10-16)20-14-15-8-4-5-11-17(15)18-12-6-7-13-19(18)20/h1-14H/t23-/m0/s1. The van der Waals surface area contributed by atoms with Gasteiger partial charge in [-0.25, -0.2) is 0 Å². The molecule has 3 heteroatoms. The monoisotopic (exact) mass is 312 g/mol. The van der Waals surface area contributed by atoms with E-state index in [1.165, 1.54) is 21.5 Å². The molecule has 23 heavy (non-hydrogen) atoms. The highest BCUT2D eigenvalue weighted by molar-refractivity contribution is 7.69. The Balaban J connectivity index is 2.05. The molecule has 0 fully saturated rings. The fourth-order valence-electron chi connectivity index (χ4n) is 3.02. The van der Waals surface area contributed by atoms with Gasteiger partial charge in [0.2, 0.25) is 0 Å². The van der Waals surface area contributed by atoms with Gasteiger partial charge in [0.15, 0.2) is 0 Å². The molecule has 4 aromatic carbocycles. The second-order valence-corrected chi connectivity index (χ2v) is 7.20. The first kappa shape index (κ1) is 14.4. The molecule has 0 saturated heterocycles. The van der Waals surface area contributed by atoms with E-state index < -0.39 is 8.15 Å². The van der Waals surface area contributed by atoms with Gasteiger partial charge in [-0.3, -0.25) is 0 Å². The molecule has 0 amide bonds. The molecule has 0 aliphatic carbocycles. The SMILES string of the molecule is [B]O[P@@](c1ccccc1)c1cc2ccccc2c2ccccc12. The zero-order valence-corrected chi connectivity index (χ0v) is 13.4. The van der Waals surface area contributed by atoms with Crippen molar-refractivity contribution in [1.29, 1.82) is 0 Å². The average Bonchev–Trinajstić information content (AvgIpc) is 2.63. The first-order chi connectivity index (χ1) is 11.4. The molecule has 0 spiro atoms. The normalized spacial score (nSPS) is 12.5. The second kappa shape index (κ2) is 6.16. The van der Waals surface area contributed by atoms with Crippen LogP contribution >= 0.6 is 8.15 Å². The van der Waals surface area contributed by atoms with Crippen molar-refractivity contribution in [3.05, 3.63) is 84.9 Å². The summed E-state index contributed by atoms with van der Waals surface area (Å²) in [6.07, 6.45) is 0. The van der Waals surface area contributed by atoms with E-state index >= 15 is 0 Å². The Bertz CT molecular complexity index is 969. The van der Waals surface area contributed by atoms with E-state index in [-0.39, 0.29) is 0 Å². The highest BCUT2D eigenvalue weighted by atomic mass is 31.1. The smallest absolute Gasteiger partial charge is 0.289 e. The molecule has 0 aliphatic heterocycles. The van der Waals surface area contributed by atoms with Gasteiger partial charge in [0.05, 0.1) is 8.15 Å². The van der Waals surface area contributed by atoms with Crippen LogP contribution in [0.5, 0.6) is 0 Å². The van der Waals surface area contributed by atoms with Gasteiger partial charge in [-0.1, -0.05) is 78.9 Å². The van der Waals surface area contributed by atoms with Gasteiger partial charge in [-0.05, 0) is 27.6 Å². The Morgan fingerprint density at radius 1 is 0.652 bits per heavy atom.